The van der Waals surface area contributed by atoms with Crippen LogP contribution in [0.2, 0.25) is 0 Å². The SMILES string of the molecule is COC1CCC(Nc2ccccc2-n2ccnn2)CC1. The number of anilines is 1. The van der Waals surface area contributed by atoms with Crippen LogP contribution in [0.4, 0.5) is 5.69 Å². The Hall–Kier alpha value is -1.88. The molecule has 5 nitrogen and oxygen atoms in total. The standard InChI is InChI=1S/C15H20N4O/c1-20-13-8-6-12(7-9-13)17-14-4-2-3-5-15(14)19-11-10-16-18-19/h2-5,10-13,17H,6-9H2,1H3. The van der Waals surface area contributed by atoms with E-state index in [1.165, 1.54) is 0 Å². The molecular weight excluding hydrogens is 252 g/mol. The maximum atomic E-state index is 5.42. The van der Waals surface area contributed by atoms with Crippen molar-refractivity contribution in [3.63, 3.8) is 0 Å². The van der Waals surface area contributed by atoms with Crippen LogP contribution >= 0.6 is 0 Å². The molecule has 106 valence electrons. The maximum absolute atomic E-state index is 5.42. The summed E-state index contributed by atoms with van der Waals surface area (Å²) < 4.78 is 7.22. The van der Waals surface area contributed by atoms with Gasteiger partial charge in [0.15, 0.2) is 0 Å². The number of aromatic nitrogens is 3. The van der Waals surface area contributed by atoms with Gasteiger partial charge in [-0.15, -0.1) is 5.10 Å². The van der Waals surface area contributed by atoms with Crippen molar-refractivity contribution < 1.29 is 4.74 Å². The molecule has 1 fully saturated rings. The molecule has 1 aliphatic rings. The van der Waals surface area contributed by atoms with Gasteiger partial charge in [0.25, 0.3) is 0 Å². The van der Waals surface area contributed by atoms with E-state index in [-0.39, 0.29) is 0 Å². The summed E-state index contributed by atoms with van der Waals surface area (Å²) in [6.45, 7) is 0. The first-order valence-electron chi connectivity index (χ1n) is 7.12. The quantitative estimate of drug-likeness (QED) is 0.929. The molecule has 0 saturated heterocycles. The fourth-order valence-corrected chi connectivity index (χ4v) is 2.79. The van der Waals surface area contributed by atoms with Crippen LogP contribution in [-0.2, 0) is 4.74 Å². The van der Waals surface area contributed by atoms with Gasteiger partial charge in [0.1, 0.15) is 0 Å². The van der Waals surface area contributed by atoms with Crippen LogP contribution in [0, 0.1) is 0 Å². The molecule has 1 N–H and O–H groups in total. The highest BCUT2D eigenvalue weighted by Gasteiger charge is 2.21. The molecule has 1 aromatic carbocycles. The molecule has 1 heterocycles. The first kappa shape index (κ1) is 13.1. The molecule has 5 heteroatoms. The number of para-hydroxylation sites is 2. The summed E-state index contributed by atoms with van der Waals surface area (Å²) in [5.74, 6) is 0. The van der Waals surface area contributed by atoms with Gasteiger partial charge in [-0.3, -0.25) is 0 Å². The number of hydrogen-bond acceptors (Lipinski definition) is 4. The average Bonchev–Trinajstić information content (AvgIpc) is 3.03. The first-order valence-corrected chi connectivity index (χ1v) is 7.12. The Morgan fingerprint density at radius 3 is 2.70 bits per heavy atom. The predicted molar refractivity (Wildman–Crippen MR) is 78.0 cm³/mol. The average molecular weight is 272 g/mol. The van der Waals surface area contributed by atoms with Gasteiger partial charge in [0.05, 0.1) is 29.9 Å². The second-order valence-corrected chi connectivity index (χ2v) is 5.22. The summed E-state index contributed by atoms with van der Waals surface area (Å²) in [6.07, 6.45) is 8.52. The van der Waals surface area contributed by atoms with Gasteiger partial charge < -0.3 is 10.1 Å². The lowest BCUT2D eigenvalue weighted by Gasteiger charge is -2.29. The molecule has 2 aromatic rings. The summed E-state index contributed by atoms with van der Waals surface area (Å²) in [5.41, 5.74) is 2.15. The van der Waals surface area contributed by atoms with Crippen LogP contribution in [0.15, 0.2) is 36.7 Å². The Morgan fingerprint density at radius 2 is 2.00 bits per heavy atom. The minimum atomic E-state index is 0.429. The normalized spacial score (nSPS) is 22.6. The molecule has 0 unspecified atom stereocenters. The number of hydrogen-bond donors (Lipinski definition) is 1. The predicted octanol–water partition coefficient (Wildman–Crippen LogP) is 2.64. The summed E-state index contributed by atoms with van der Waals surface area (Å²) in [7, 11) is 1.80. The molecule has 20 heavy (non-hydrogen) atoms. The highest BCUT2D eigenvalue weighted by Crippen LogP contribution is 2.26. The van der Waals surface area contributed by atoms with Crippen LogP contribution in [0.25, 0.3) is 5.69 Å². The highest BCUT2D eigenvalue weighted by molar-refractivity contribution is 5.60. The third-order valence-corrected chi connectivity index (χ3v) is 3.94. The fourth-order valence-electron chi connectivity index (χ4n) is 2.79. The molecule has 3 rings (SSSR count). The Labute approximate surface area is 118 Å². The first-order chi connectivity index (χ1) is 9.86. The Bertz CT molecular complexity index is 533. The molecule has 1 aliphatic carbocycles. The van der Waals surface area contributed by atoms with Crippen LogP contribution < -0.4 is 5.32 Å². The van der Waals surface area contributed by atoms with E-state index in [0.717, 1.165) is 37.1 Å². The zero-order valence-corrected chi connectivity index (χ0v) is 11.7. The van der Waals surface area contributed by atoms with Crippen molar-refractivity contribution in [1.29, 1.82) is 0 Å². The Kier molecular flexibility index (Phi) is 3.97. The van der Waals surface area contributed by atoms with Gasteiger partial charge in [-0.1, -0.05) is 17.3 Å². The van der Waals surface area contributed by atoms with Crippen LogP contribution in [0.1, 0.15) is 25.7 Å². The molecule has 0 amide bonds. The van der Waals surface area contributed by atoms with E-state index in [4.69, 9.17) is 4.74 Å². The molecule has 0 aliphatic heterocycles. The third kappa shape index (κ3) is 2.82. The van der Waals surface area contributed by atoms with Crippen LogP contribution in [0.3, 0.4) is 0 Å². The van der Waals surface area contributed by atoms with E-state index in [1.54, 1.807) is 18.0 Å². The molecular formula is C15H20N4O. The monoisotopic (exact) mass is 272 g/mol. The second kappa shape index (κ2) is 6.05. The maximum Gasteiger partial charge on any atom is 0.0894 e. The highest BCUT2D eigenvalue weighted by atomic mass is 16.5. The van der Waals surface area contributed by atoms with Crippen molar-refractivity contribution in [3.05, 3.63) is 36.7 Å². The molecule has 1 saturated carbocycles. The minimum absolute atomic E-state index is 0.429. The van der Waals surface area contributed by atoms with Crippen molar-refractivity contribution in [3.8, 4) is 5.69 Å². The van der Waals surface area contributed by atoms with Crippen molar-refractivity contribution in [2.45, 2.75) is 37.8 Å². The second-order valence-electron chi connectivity index (χ2n) is 5.22. The number of ether oxygens (including phenoxy) is 1. The van der Waals surface area contributed by atoms with Crippen molar-refractivity contribution in [1.82, 2.24) is 15.0 Å². The number of nitrogens with one attached hydrogen (secondary N) is 1. The Balaban J connectivity index is 1.72. The molecule has 0 atom stereocenters. The van der Waals surface area contributed by atoms with Crippen molar-refractivity contribution in [2.24, 2.45) is 0 Å². The summed E-state index contributed by atoms with van der Waals surface area (Å²) in [6, 6.07) is 8.72. The van der Waals surface area contributed by atoms with E-state index in [1.807, 2.05) is 18.3 Å². The van der Waals surface area contributed by atoms with E-state index in [9.17, 15) is 0 Å². The third-order valence-electron chi connectivity index (χ3n) is 3.94. The van der Waals surface area contributed by atoms with Crippen molar-refractivity contribution >= 4 is 5.69 Å². The van der Waals surface area contributed by atoms with E-state index in [0.29, 0.717) is 12.1 Å². The summed E-state index contributed by atoms with van der Waals surface area (Å²) in [5, 5.41) is 11.6. The number of nitrogens with zero attached hydrogens (tertiary/aromatic N) is 3. The zero-order chi connectivity index (χ0) is 13.8. The van der Waals surface area contributed by atoms with E-state index >= 15 is 0 Å². The topological polar surface area (TPSA) is 52.0 Å². The van der Waals surface area contributed by atoms with Gasteiger partial charge >= 0.3 is 0 Å². The Morgan fingerprint density at radius 1 is 1.20 bits per heavy atom. The summed E-state index contributed by atoms with van der Waals surface area (Å²) in [4.78, 5) is 0. The number of rotatable bonds is 4. The lowest BCUT2D eigenvalue weighted by Crippen LogP contribution is -2.29. The molecule has 0 bridgehead atoms. The molecule has 0 radical (unpaired) electrons. The minimum Gasteiger partial charge on any atom is -0.381 e. The largest absolute Gasteiger partial charge is 0.381 e. The van der Waals surface area contributed by atoms with Gasteiger partial charge in [0, 0.05) is 13.2 Å². The van der Waals surface area contributed by atoms with Gasteiger partial charge in [-0.2, -0.15) is 0 Å². The smallest absolute Gasteiger partial charge is 0.0894 e. The van der Waals surface area contributed by atoms with Crippen molar-refractivity contribution in [2.75, 3.05) is 12.4 Å². The number of benzene rings is 1. The van der Waals surface area contributed by atoms with Crippen LogP contribution in [-0.4, -0.2) is 34.2 Å². The van der Waals surface area contributed by atoms with Gasteiger partial charge in [-0.05, 0) is 37.8 Å². The number of methoxy groups -OCH3 is 1. The molecule has 1 aromatic heterocycles. The lowest BCUT2D eigenvalue weighted by molar-refractivity contribution is 0.0682. The van der Waals surface area contributed by atoms with Crippen LogP contribution in [0.5, 0.6) is 0 Å². The summed E-state index contributed by atoms with van der Waals surface area (Å²) >= 11 is 0. The molecule has 0 spiro atoms. The fraction of sp³-hybridized carbons (Fsp3) is 0.467. The van der Waals surface area contributed by atoms with E-state index < -0.39 is 0 Å². The van der Waals surface area contributed by atoms with E-state index in [2.05, 4.69) is 27.8 Å². The van der Waals surface area contributed by atoms with Gasteiger partial charge in [0.2, 0.25) is 0 Å². The lowest BCUT2D eigenvalue weighted by atomic mass is 9.93. The van der Waals surface area contributed by atoms with Gasteiger partial charge in [-0.25, -0.2) is 4.68 Å². The zero-order valence-electron chi connectivity index (χ0n) is 11.7.